The highest BCUT2D eigenvalue weighted by atomic mass is 32.1. The molecule has 0 aromatic carbocycles. The second-order valence-corrected chi connectivity index (χ2v) is 7.01. The van der Waals surface area contributed by atoms with E-state index in [2.05, 4.69) is 30.9 Å². The number of aryl methyl sites for hydroxylation is 1. The lowest BCUT2D eigenvalue weighted by atomic mass is 9.76. The van der Waals surface area contributed by atoms with E-state index in [-0.39, 0.29) is 0 Å². The third kappa shape index (κ3) is 2.91. The molecule has 1 unspecified atom stereocenters. The molecular formula is C16H25NO2S. The van der Waals surface area contributed by atoms with Crippen LogP contribution in [0.2, 0.25) is 0 Å². The fourth-order valence-electron chi connectivity index (χ4n) is 3.05. The van der Waals surface area contributed by atoms with Crippen molar-refractivity contribution in [3.63, 3.8) is 0 Å². The summed E-state index contributed by atoms with van der Waals surface area (Å²) in [7, 11) is 0. The number of carbonyl (C=O) groups is 1. The molecule has 1 aliphatic heterocycles. The second-order valence-electron chi connectivity index (χ2n) is 5.81. The molecular weight excluding hydrogens is 270 g/mol. The van der Waals surface area contributed by atoms with Crippen LogP contribution in [0.3, 0.4) is 0 Å². The molecule has 0 spiro atoms. The highest BCUT2D eigenvalue weighted by Gasteiger charge is 2.40. The minimum Gasteiger partial charge on any atom is -0.481 e. The Bertz CT molecular complexity index is 461. The summed E-state index contributed by atoms with van der Waals surface area (Å²) in [6.07, 6.45) is 3.38. The molecule has 112 valence electrons. The maximum Gasteiger partial charge on any atom is 0.309 e. The number of carboxylic acid groups (broad SMARTS) is 1. The molecule has 2 rings (SSSR count). The minimum atomic E-state index is -0.614. The van der Waals surface area contributed by atoms with Gasteiger partial charge < -0.3 is 5.11 Å². The predicted octanol–water partition coefficient (Wildman–Crippen LogP) is 3.95. The summed E-state index contributed by atoms with van der Waals surface area (Å²) in [6.45, 7) is 8.20. The van der Waals surface area contributed by atoms with Crippen molar-refractivity contribution in [3.8, 4) is 0 Å². The van der Waals surface area contributed by atoms with E-state index in [1.165, 1.54) is 9.75 Å². The van der Waals surface area contributed by atoms with Crippen molar-refractivity contribution in [3.05, 3.63) is 21.9 Å². The Morgan fingerprint density at radius 2 is 2.05 bits per heavy atom. The van der Waals surface area contributed by atoms with Crippen LogP contribution in [0.5, 0.6) is 0 Å². The zero-order valence-corrected chi connectivity index (χ0v) is 13.5. The Hall–Kier alpha value is -0.870. The van der Waals surface area contributed by atoms with Crippen LogP contribution < -0.4 is 0 Å². The summed E-state index contributed by atoms with van der Waals surface area (Å²) in [6, 6.07) is 4.85. The fourth-order valence-corrected chi connectivity index (χ4v) is 4.09. The van der Waals surface area contributed by atoms with Crippen molar-refractivity contribution >= 4 is 17.3 Å². The first-order valence-corrected chi connectivity index (χ1v) is 8.40. The standard InChI is InChI=1S/C16H25NO2S/c1-4-13-6-7-14(20-13)12(3)17-10-8-16(5-2,9-11-17)15(18)19/h6-7,12H,4-5,8-11H2,1-3H3,(H,18,19). The van der Waals surface area contributed by atoms with E-state index in [9.17, 15) is 9.90 Å². The van der Waals surface area contributed by atoms with Crippen LogP contribution >= 0.6 is 11.3 Å². The first kappa shape index (κ1) is 15.5. The zero-order chi connectivity index (χ0) is 14.8. The highest BCUT2D eigenvalue weighted by Crippen LogP contribution is 2.38. The Morgan fingerprint density at radius 3 is 2.50 bits per heavy atom. The zero-order valence-electron chi connectivity index (χ0n) is 12.7. The maximum absolute atomic E-state index is 11.5. The van der Waals surface area contributed by atoms with Crippen LogP contribution in [0.4, 0.5) is 0 Å². The monoisotopic (exact) mass is 295 g/mol. The van der Waals surface area contributed by atoms with Crippen LogP contribution in [0.1, 0.15) is 55.8 Å². The SMILES string of the molecule is CCc1ccc(C(C)N2CCC(CC)(C(=O)O)CC2)s1. The van der Waals surface area contributed by atoms with Gasteiger partial charge in [-0.3, -0.25) is 9.69 Å². The molecule has 1 aliphatic rings. The number of rotatable bonds is 5. The maximum atomic E-state index is 11.5. The number of thiophene rings is 1. The second kappa shape index (κ2) is 6.27. The third-order valence-corrected chi connectivity index (χ3v) is 6.28. The highest BCUT2D eigenvalue weighted by molar-refractivity contribution is 7.12. The Balaban J connectivity index is 2.01. The average molecular weight is 295 g/mol. The molecule has 0 bridgehead atoms. The molecule has 3 nitrogen and oxygen atoms in total. The van der Waals surface area contributed by atoms with Crippen molar-refractivity contribution in [2.75, 3.05) is 13.1 Å². The fraction of sp³-hybridized carbons (Fsp3) is 0.688. The Kier molecular flexibility index (Phi) is 4.86. The topological polar surface area (TPSA) is 40.5 Å². The summed E-state index contributed by atoms with van der Waals surface area (Å²) in [4.78, 5) is 16.7. The van der Waals surface area contributed by atoms with Gasteiger partial charge in [0.1, 0.15) is 0 Å². The van der Waals surface area contributed by atoms with Gasteiger partial charge in [-0.15, -0.1) is 11.3 Å². The van der Waals surface area contributed by atoms with E-state index < -0.39 is 11.4 Å². The van der Waals surface area contributed by atoms with Crippen LogP contribution in [0.25, 0.3) is 0 Å². The number of carboxylic acids is 1. The smallest absolute Gasteiger partial charge is 0.309 e. The molecule has 0 saturated carbocycles. The first-order valence-electron chi connectivity index (χ1n) is 7.58. The molecule has 20 heavy (non-hydrogen) atoms. The van der Waals surface area contributed by atoms with Crippen molar-refractivity contribution < 1.29 is 9.90 Å². The van der Waals surface area contributed by atoms with Crippen LogP contribution in [-0.4, -0.2) is 29.1 Å². The molecule has 1 aromatic heterocycles. The number of likely N-dealkylation sites (tertiary alicyclic amines) is 1. The Labute approximate surface area is 125 Å². The first-order chi connectivity index (χ1) is 9.52. The molecule has 1 aromatic rings. The molecule has 1 atom stereocenters. The van der Waals surface area contributed by atoms with Gasteiger partial charge in [-0.1, -0.05) is 13.8 Å². The van der Waals surface area contributed by atoms with Crippen molar-refractivity contribution in [1.82, 2.24) is 4.90 Å². The van der Waals surface area contributed by atoms with Gasteiger partial charge in [0.15, 0.2) is 0 Å². The lowest BCUT2D eigenvalue weighted by Crippen LogP contribution is -2.44. The lowest BCUT2D eigenvalue weighted by Gasteiger charge is -2.40. The lowest BCUT2D eigenvalue weighted by molar-refractivity contribution is -0.152. The molecule has 1 N–H and O–H groups in total. The van der Waals surface area contributed by atoms with Crippen molar-refractivity contribution in [2.24, 2.45) is 5.41 Å². The summed E-state index contributed by atoms with van der Waals surface area (Å²) < 4.78 is 0. The molecule has 1 fully saturated rings. The quantitative estimate of drug-likeness (QED) is 0.894. The Morgan fingerprint density at radius 1 is 1.40 bits per heavy atom. The van der Waals surface area contributed by atoms with Crippen molar-refractivity contribution in [2.45, 2.75) is 52.5 Å². The molecule has 4 heteroatoms. The van der Waals surface area contributed by atoms with Gasteiger partial charge in [0.25, 0.3) is 0 Å². The van der Waals surface area contributed by atoms with E-state index in [4.69, 9.17) is 0 Å². The normalized spacial score (nSPS) is 20.8. The third-order valence-electron chi connectivity index (χ3n) is 4.88. The van der Waals surface area contributed by atoms with Gasteiger partial charge in [0.05, 0.1) is 5.41 Å². The van der Waals surface area contributed by atoms with Gasteiger partial charge in [0, 0.05) is 15.8 Å². The molecule has 1 saturated heterocycles. The summed E-state index contributed by atoms with van der Waals surface area (Å²) >= 11 is 1.89. The van der Waals surface area contributed by atoms with E-state index in [1.807, 2.05) is 18.3 Å². The van der Waals surface area contributed by atoms with Gasteiger partial charge in [-0.05, 0) is 57.8 Å². The number of hydrogen-bond acceptors (Lipinski definition) is 3. The largest absolute Gasteiger partial charge is 0.481 e. The minimum absolute atomic E-state index is 0.406. The van der Waals surface area contributed by atoms with Crippen molar-refractivity contribution in [1.29, 1.82) is 0 Å². The predicted molar refractivity (Wildman–Crippen MR) is 83.3 cm³/mol. The van der Waals surface area contributed by atoms with E-state index in [0.29, 0.717) is 6.04 Å². The molecule has 0 radical (unpaired) electrons. The van der Waals surface area contributed by atoms with E-state index in [0.717, 1.165) is 38.8 Å². The summed E-state index contributed by atoms with van der Waals surface area (Å²) in [5.41, 5.74) is -0.486. The summed E-state index contributed by atoms with van der Waals surface area (Å²) in [5.74, 6) is -0.614. The van der Waals surface area contributed by atoms with E-state index in [1.54, 1.807) is 0 Å². The molecule has 2 heterocycles. The van der Waals surface area contributed by atoms with Gasteiger partial charge in [-0.2, -0.15) is 0 Å². The number of aliphatic carboxylic acids is 1. The number of piperidine rings is 1. The van der Waals surface area contributed by atoms with Crippen LogP contribution in [0, 0.1) is 5.41 Å². The van der Waals surface area contributed by atoms with Crippen LogP contribution in [0.15, 0.2) is 12.1 Å². The van der Waals surface area contributed by atoms with E-state index >= 15 is 0 Å². The van der Waals surface area contributed by atoms with Gasteiger partial charge >= 0.3 is 5.97 Å². The summed E-state index contributed by atoms with van der Waals surface area (Å²) in [5, 5.41) is 9.45. The molecule has 0 amide bonds. The van der Waals surface area contributed by atoms with Crippen LogP contribution in [-0.2, 0) is 11.2 Å². The van der Waals surface area contributed by atoms with Gasteiger partial charge in [0.2, 0.25) is 0 Å². The average Bonchev–Trinajstić information content (AvgIpc) is 2.95. The number of nitrogens with zero attached hydrogens (tertiary/aromatic N) is 1. The molecule has 0 aliphatic carbocycles. The number of hydrogen-bond donors (Lipinski definition) is 1. The van der Waals surface area contributed by atoms with Gasteiger partial charge in [-0.25, -0.2) is 0 Å².